The van der Waals surface area contributed by atoms with Gasteiger partial charge in [-0.05, 0) is 24.6 Å². The highest BCUT2D eigenvalue weighted by molar-refractivity contribution is 6.31. The second-order valence-electron chi connectivity index (χ2n) is 3.62. The highest BCUT2D eigenvalue weighted by Gasteiger charge is 1.99. The van der Waals surface area contributed by atoms with Gasteiger partial charge in [0, 0.05) is 25.3 Å². The summed E-state index contributed by atoms with van der Waals surface area (Å²) in [6.07, 6.45) is 0.912. The van der Waals surface area contributed by atoms with E-state index in [0.717, 1.165) is 18.7 Å². The zero-order chi connectivity index (χ0) is 12.5. The summed E-state index contributed by atoms with van der Waals surface area (Å²) < 4.78 is 10.2. The number of hydrogen-bond donors (Lipinski definition) is 2. The molecule has 0 atom stereocenters. The second-order valence-corrected chi connectivity index (χ2v) is 4.05. The molecule has 0 unspecified atom stereocenters. The van der Waals surface area contributed by atoms with Crippen LogP contribution in [0.15, 0.2) is 18.2 Å². The van der Waals surface area contributed by atoms with Crippen molar-refractivity contribution in [3.63, 3.8) is 0 Å². The van der Waals surface area contributed by atoms with Crippen molar-refractivity contribution < 1.29 is 9.47 Å². The van der Waals surface area contributed by atoms with Crippen LogP contribution in [0.1, 0.15) is 6.42 Å². The minimum Gasteiger partial charge on any atom is -0.397 e. The molecule has 0 aromatic heterocycles. The Morgan fingerprint density at radius 2 is 2.12 bits per heavy atom. The van der Waals surface area contributed by atoms with E-state index in [9.17, 15) is 0 Å². The Labute approximate surface area is 107 Å². The van der Waals surface area contributed by atoms with E-state index in [-0.39, 0.29) is 0 Å². The van der Waals surface area contributed by atoms with Gasteiger partial charge in [-0.1, -0.05) is 11.6 Å². The Kier molecular flexibility index (Phi) is 6.77. The SMILES string of the molecule is COCCOCCCNc1cc(Cl)ccc1N. The van der Waals surface area contributed by atoms with Crippen LogP contribution in [0.5, 0.6) is 0 Å². The number of methoxy groups -OCH3 is 1. The molecule has 0 fully saturated rings. The van der Waals surface area contributed by atoms with Gasteiger partial charge in [-0.25, -0.2) is 0 Å². The lowest BCUT2D eigenvalue weighted by Gasteiger charge is -2.09. The summed E-state index contributed by atoms with van der Waals surface area (Å²) in [5.41, 5.74) is 7.37. The average molecular weight is 259 g/mol. The first-order valence-corrected chi connectivity index (χ1v) is 5.97. The number of nitrogen functional groups attached to an aromatic ring is 1. The van der Waals surface area contributed by atoms with Gasteiger partial charge in [-0.15, -0.1) is 0 Å². The fourth-order valence-corrected chi connectivity index (χ4v) is 1.50. The monoisotopic (exact) mass is 258 g/mol. The zero-order valence-corrected chi connectivity index (χ0v) is 10.8. The molecule has 1 aromatic rings. The second kappa shape index (κ2) is 8.17. The van der Waals surface area contributed by atoms with Crippen LogP contribution >= 0.6 is 11.6 Å². The van der Waals surface area contributed by atoms with Crippen molar-refractivity contribution in [2.24, 2.45) is 0 Å². The maximum Gasteiger partial charge on any atom is 0.0700 e. The third kappa shape index (κ3) is 5.77. The predicted octanol–water partition coefficient (Wildman–Crippen LogP) is 2.39. The summed E-state index contributed by atoms with van der Waals surface area (Å²) in [4.78, 5) is 0. The third-order valence-electron chi connectivity index (χ3n) is 2.23. The molecule has 4 nitrogen and oxygen atoms in total. The summed E-state index contributed by atoms with van der Waals surface area (Å²) in [6, 6.07) is 5.39. The van der Waals surface area contributed by atoms with E-state index in [1.54, 1.807) is 19.2 Å². The minimum atomic E-state index is 0.634. The molecule has 0 heterocycles. The van der Waals surface area contributed by atoms with Crippen LogP contribution in [-0.2, 0) is 9.47 Å². The third-order valence-corrected chi connectivity index (χ3v) is 2.46. The van der Waals surface area contributed by atoms with Gasteiger partial charge >= 0.3 is 0 Å². The van der Waals surface area contributed by atoms with Crippen molar-refractivity contribution >= 4 is 23.0 Å². The highest BCUT2D eigenvalue weighted by atomic mass is 35.5. The van der Waals surface area contributed by atoms with Crippen LogP contribution in [0.3, 0.4) is 0 Å². The van der Waals surface area contributed by atoms with Gasteiger partial charge in [0.25, 0.3) is 0 Å². The molecule has 1 aromatic carbocycles. The standard InChI is InChI=1S/C12H19ClN2O2/c1-16-7-8-17-6-2-5-15-12-9-10(13)3-4-11(12)14/h3-4,9,15H,2,5-8,14H2,1H3. The fraction of sp³-hybridized carbons (Fsp3) is 0.500. The van der Waals surface area contributed by atoms with E-state index in [2.05, 4.69) is 5.32 Å². The Bertz CT molecular complexity index is 334. The molecule has 0 spiro atoms. The van der Waals surface area contributed by atoms with Crippen LogP contribution in [0, 0.1) is 0 Å². The maximum atomic E-state index is 5.88. The summed E-state index contributed by atoms with van der Waals surface area (Å²) >= 11 is 5.88. The molecule has 17 heavy (non-hydrogen) atoms. The number of ether oxygens (including phenoxy) is 2. The molecule has 5 heteroatoms. The first kappa shape index (κ1) is 14.1. The van der Waals surface area contributed by atoms with Gasteiger partial charge in [0.1, 0.15) is 0 Å². The van der Waals surface area contributed by atoms with Gasteiger partial charge in [-0.3, -0.25) is 0 Å². The van der Waals surface area contributed by atoms with Gasteiger partial charge in [0.2, 0.25) is 0 Å². The number of halogens is 1. The van der Waals surface area contributed by atoms with E-state index in [1.807, 2.05) is 6.07 Å². The zero-order valence-electron chi connectivity index (χ0n) is 10.0. The van der Waals surface area contributed by atoms with E-state index in [4.69, 9.17) is 26.8 Å². The molecule has 0 amide bonds. The molecular formula is C12H19ClN2O2. The van der Waals surface area contributed by atoms with Crippen LogP contribution < -0.4 is 11.1 Å². The lowest BCUT2D eigenvalue weighted by atomic mass is 10.2. The van der Waals surface area contributed by atoms with E-state index in [1.165, 1.54) is 0 Å². The van der Waals surface area contributed by atoms with Crippen molar-refractivity contribution in [1.29, 1.82) is 0 Å². The van der Waals surface area contributed by atoms with E-state index < -0.39 is 0 Å². The molecule has 0 radical (unpaired) electrons. The highest BCUT2D eigenvalue weighted by Crippen LogP contribution is 2.22. The van der Waals surface area contributed by atoms with Crippen molar-refractivity contribution in [2.75, 3.05) is 44.5 Å². The molecule has 0 aliphatic carbocycles. The minimum absolute atomic E-state index is 0.634. The van der Waals surface area contributed by atoms with E-state index >= 15 is 0 Å². The van der Waals surface area contributed by atoms with E-state index in [0.29, 0.717) is 30.5 Å². The van der Waals surface area contributed by atoms with Crippen molar-refractivity contribution in [1.82, 2.24) is 0 Å². The summed E-state index contributed by atoms with van der Waals surface area (Å²) in [7, 11) is 1.66. The summed E-state index contributed by atoms with van der Waals surface area (Å²) in [6.45, 7) is 2.78. The molecule has 96 valence electrons. The Morgan fingerprint density at radius 3 is 2.88 bits per heavy atom. The van der Waals surface area contributed by atoms with Gasteiger partial charge < -0.3 is 20.5 Å². The van der Waals surface area contributed by atoms with Crippen molar-refractivity contribution in [3.8, 4) is 0 Å². The fourth-order valence-electron chi connectivity index (χ4n) is 1.32. The molecule has 0 aliphatic rings. The summed E-state index contributed by atoms with van der Waals surface area (Å²) in [5.74, 6) is 0. The first-order valence-electron chi connectivity index (χ1n) is 5.59. The Balaban J connectivity index is 2.15. The Morgan fingerprint density at radius 1 is 1.29 bits per heavy atom. The quantitative estimate of drug-likeness (QED) is 0.555. The van der Waals surface area contributed by atoms with Gasteiger partial charge in [0.05, 0.1) is 24.6 Å². The number of nitrogens with two attached hydrogens (primary N) is 1. The molecule has 3 N–H and O–H groups in total. The molecule has 0 saturated carbocycles. The molecular weight excluding hydrogens is 240 g/mol. The van der Waals surface area contributed by atoms with Crippen molar-refractivity contribution in [3.05, 3.63) is 23.2 Å². The van der Waals surface area contributed by atoms with Gasteiger partial charge in [0.15, 0.2) is 0 Å². The number of nitrogens with one attached hydrogen (secondary N) is 1. The molecule has 0 bridgehead atoms. The number of anilines is 2. The van der Waals surface area contributed by atoms with Crippen LogP contribution in [0.25, 0.3) is 0 Å². The number of benzene rings is 1. The smallest absolute Gasteiger partial charge is 0.0700 e. The maximum absolute atomic E-state index is 5.88. The predicted molar refractivity (Wildman–Crippen MR) is 71.7 cm³/mol. The van der Waals surface area contributed by atoms with Crippen molar-refractivity contribution in [2.45, 2.75) is 6.42 Å². The lowest BCUT2D eigenvalue weighted by molar-refractivity contribution is 0.0705. The normalized spacial score (nSPS) is 10.5. The van der Waals surface area contributed by atoms with Gasteiger partial charge in [-0.2, -0.15) is 0 Å². The molecule has 0 saturated heterocycles. The first-order chi connectivity index (χ1) is 8.24. The Hall–Kier alpha value is -0.970. The van der Waals surface area contributed by atoms with Crippen LogP contribution in [-0.4, -0.2) is 33.5 Å². The number of hydrogen-bond acceptors (Lipinski definition) is 4. The molecule has 1 rings (SSSR count). The topological polar surface area (TPSA) is 56.5 Å². The van der Waals surface area contributed by atoms with Crippen LogP contribution in [0.2, 0.25) is 5.02 Å². The average Bonchev–Trinajstić information content (AvgIpc) is 2.32. The number of rotatable bonds is 8. The molecule has 0 aliphatic heterocycles. The summed E-state index contributed by atoms with van der Waals surface area (Å²) in [5, 5.41) is 3.90. The van der Waals surface area contributed by atoms with Crippen LogP contribution in [0.4, 0.5) is 11.4 Å². The largest absolute Gasteiger partial charge is 0.397 e. The lowest BCUT2D eigenvalue weighted by Crippen LogP contribution is -2.09.